The van der Waals surface area contributed by atoms with Crippen molar-refractivity contribution in [3.05, 3.63) is 22.4 Å². The molecule has 8 heteroatoms. The Bertz CT molecular complexity index is 523. The van der Waals surface area contributed by atoms with E-state index >= 15 is 0 Å². The van der Waals surface area contributed by atoms with Gasteiger partial charge < -0.3 is 20.3 Å². The highest BCUT2D eigenvalue weighted by Crippen LogP contribution is 2.09. The summed E-state index contributed by atoms with van der Waals surface area (Å²) < 4.78 is 5.00. The van der Waals surface area contributed by atoms with Crippen LogP contribution in [0.1, 0.15) is 32.1 Å². The van der Waals surface area contributed by atoms with Crippen LogP contribution in [0.2, 0.25) is 0 Å². The third-order valence-corrected chi connectivity index (χ3v) is 4.64. The van der Waals surface area contributed by atoms with Crippen molar-refractivity contribution in [2.45, 2.75) is 39.7 Å². The smallest absolute Gasteiger partial charge is 0.407 e. The number of ether oxygens (including phenoxy) is 1. The zero-order valence-electron chi connectivity index (χ0n) is 16.4. The van der Waals surface area contributed by atoms with Crippen molar-refractivity contribution in [2.24, 2.45) is 10.9 Å². The quantitative estimate of drug-likeness (QED) is 0.312. The highest BCUT2D eigenvalue weighted by Gasteiger charge is 2.16. The maximum absolute atomic E-state index is 11.7. The fourth-order valence-electron chi connectivity index (χ4n) is 2.54. The number of nitrogens with zero attached hydrogens (tertiary/aromatic N) is 2. The van der Waals surface area contributed by atoms with Crippen molar-refractivity contribution in [1.82, 2.24) is 15.5 Å². The van der Waals surface area contributed by atoms with Gasteiger partial charge in [-0.15, -0.1) is 35.3 Å². The Balaban J connectivity index is 0.00000625. The van der Waals surface area contributed by atoms with Crippen molar-refractivity contribution in [3.8, 4) is 0 Å². The third-order valence-electron chi connectivity index (χ3n) is 3.71. The zero-order chi connectivity index (χ0) is 18.7. The Labute approximate surface area is 178 Å². The first-order chi connectivity index (χ1) is 12.0. The van der Waals surface area contributed by atoms with Crippen molar-refractivity contribution in [3.63, 3.8) is 0 Å². The lowest BCUT2D eigenvalue weighted by Crippen LogP contribution is -2.48. The van der Waals surface area contributed by atoms with E-state index in [4.69, 9.17) is 4.74 Å². The lowest BCUT2D eigenvalue weighted by molar-refractivity contribution is 0.146. The van der Waals surface area contributed by atoms with Crippen LogP contribution in [0, 0.1) is 5.92 Å². The fourth-order valence-corrected chi connectivity index (χ4v) is 3.24. The molecule has 0 aliphatic heterocycles. The topological polar surface area (TPSA) is 66.0 Å². The molecule has 0 aliphatic rings. The van der Waals surface area contributed by atoms with Gasteiger partial charge in [-0.25, -0.2) is 4.79 Å². The molecule has 26 heavy (non-hydrogen) atoms. The first kappa shape index (κ1) is 25.0. The second kappa shape index (κ2) is 14.1. The van der Waals surface area contributed by atoms with E-state index in [-0.39, 0.29) is 36.1 Å². The highest BCUT2D eigenvalue weighted by atomic mass is 127. The molecule has 0 bridgehead atoms. The number of amides is 1. The molecule has 1 aromatic heterocycles. The van der Waals surface area contributed by atoms with Crippen LogP contribution in [0.3, 0.4) is 0 Å². The molecule has 0 aliphatic carbocycles. The summed E-state index contributed by atoms with van der Waals surface area (Å²) in [4.78, 5) is 19.5. The minimum Gasteiger partial charge on any atom is -0.450 e. The number of guanidine groups is 1. The minimum absolute atomic E-state index is 0. The number of alkyl carbamates (subject to hydrolysis) is 1. The maximum Gasteiger partial charge on any atom is 0.407 e. The molecule has 2 N–H and O–H groups in total. The molecule has 1 rings (SSSR count). The molecule has 0 fully saturated rings. The van der Waals surface area contributed by atoms with Crippen LogP contribution in [-0.4, -0.2) is 56.8 Å². The molecule has 0 saturated carbocycles. The van der Waals surface area contributed by atoms with Gasteiger partial charge in [-0.2, -0.15) is 0 Å². The number of thiophene rings is 1. The molecule has 1 amide bonds. The molecular weight excluding hydrogens is 463 g/mol. The second-order valence-corrected chi connectivity index (χ2v) is 7.40. The number of carbonyl (C=O) groups excluding carboxylic acids is 1. The van der Waals surface area contributed by atoms with E-state index in [1.165, 1.54) is 4.88 Å². The summed E-state index contributed by atoms with van der Waals surface area (Å²) in [5.74, 6) is 1.31. The molecule has 0 spiro atoms. The summed E-state index contributed by atoms with van der Waals surface area (Å²) in [6.45, 7) is 7.97. The molecule has 1 heterocycles. The summed E-state index contributed by atoms with van der Waals surface area (Å²) in [6, 6.07) is 4.22. The van der Waals surface area contributed by atoms with Gasteiger partial charge in [0.2, 0.25) is 0 Å². The van der Waals surface area contributed by atoms with E-state index in [2.05, 4.69) is 51.9 Å². The van der Waals surface area contributed by atoms with Gasteiger partial charge in [0.05, 0.1) is 6.61 Å². The van der Waals surface area contributed by atoms with Crippen LogP contribution in [0.25, 0.3) is 0 Å². The third kappa shape index (κ3) is 10.2. The van der Waals surface area contributed by atoms with Crippen molar-refractivity contribution >= 4 is 47.4 Å². The van der Waals surface area contributed by atoms with Crippen LogP contribution >= 0.6 is 35.3 Å². The summed E-state index contributed by atoms with van der Waals surface area (Å²) >= 11 is 1.77. The summed E-state index contributed by atoms with van der Waals surface area (Å²) in [6.07, 6.45) is 1.50. The first-order valence-electron chi connectivity index (χ1n) is 8.83. The van der Waals surface area contributed by atoms with E-state index in [0.29, 0.717) is 19.1 Å². The minimum atomic E-state index is -0.365. The van der Waals surface area contributed by atoms with E-state index < -0.39 is 0 Å². The Hall–Kier alpha value is -1.03. The van der Waals surface area contributed by atoms with Crippen molar-refractivity contribution < 1.29 is 9.53 Å². The first-order valence-corrected chi connectivity index (χ1v) is 9.71. The normalized spacial score (nSPS) is 12.3. The van der Waals surface area contributed by atoms with Crippen LogP contribution in [0.4, 0.5) is 4.79 Å². The average Bonchev–Trinajstić information content (AvgIpc) is 3.06. The lowest BCUT2D eigenvalue weighted by Gasteiger charge is -2.25. The highest BCUT2D eigenvalue weighted by molar-refractivity contribution is 14.0. The molecule has 1 atom stereocenters. The Morgan fingerprint density at radius 1 is 1.42 bits per heavy atom. The molecule has 0 radical (unpaired) electrons. The number of aliphatic imine (C=N–C) groups is 1. The number of hydrogen-bond acceptors (Lipinski definition) is 4. The molecule has 0 saturated heterocycles. The van der Waals surface area contributed by atoms with Crippen molar-refractivity contribution in [1.29, 1.82) is 0 Å². The number of halogens is 1. The largest absolute Gasteiger partial charge is 0.450 e. The average molecular weight is 496 g/mol. The van der Waals surface area contributed by atoms with Gasteiger partial charge in [0.1, 0.15) is 0 Å². The fraction of sp³-hybridized carbons (Fsp3) is 0.667. The number of likely N-dealkylation sites (N-methyl/N-ethyl adjacent to an activating group) is 1. The summed E-state index contributed by atoms with van der Waals surface area (Å²) in [5.41, 5.74) is 0. The Morgan fingerprint density at radius 2 is 2.15 bits per heavy atom. The van der Waals surface area contributed by atoms with Crippen molar-refractivity contribution in [2.75, 3.05) is 33.8 Å². The van der Waals surface area contributed by atoms with E-state index in [1.807, 2.05) is 7.05 Å². The number of carbonyl (C=O) groups is 1. The monoisotopic (exact) mass is 496 g/mol. The SMILES string of the molecule is CCOC(=O)NC(CNC(=NC)N(C)CCc1cccs1)CC(C)C.I. The predicted molar refractivity (Wildman–Crippen MR) is 121 cm³/mol. The van der Waals surface area contributed by atoms with Gasteiger partial charge in [0.25, 0.3) is 0 Å². The number of hydrogen-bond donors (Lipinski definition) is 2. The molecule has 6 nitrogen and oxygen atoms in total. The Kier molecular flexibility index (Phi) is 13.5. The number of rotatable bonds is 9. The van der Waals surface area contributed by atoms with Crippen LogP contribution in [0.15, 0.2) is 22.5 Å². The van der Waals surface area contributed by atoms with E-state index in [0.717, 1.165) is 25.3 Å². The summed E-state index contributed by atoms with van der Waals surface area (Å²) in [7, 11) is 3.80. The van der Waals surface area contributed by atoms with Gasteiger partial charge in [0, 0.05) is 38.1 Å². The summed E-state index contributed by atoms with van der Waals surface area (Å²) in [5, 5.41) is 8.38. The molecule has 0 aromatic carbocycles. The van der Waals surface area contributed by atoms with Crippen LogP contribution in [0.5, 0.6) is 0 Å². The van der Waals surface area contributed by atoms with Crippen LogP contribution in [-0.2, 0) is 11.2 Å². The zero-order valence-corrected chi connectivity index (χ0v) is 19.6. The standard InChI is InChI=1S/C18H32N4O2S.HI/c1-6-24-18(23)21-15(12-14(2)3)13-20-17(19-4)22(5)10-9-16-8-7-11-25-16;/h7-8,11,14-15H,6,9-10,12-13H2,1-5H3,(H,19,20)(H,21,23);1H. The second-order valence-electron chi connectivity index (χ2n) is 6.37. The maximum atomic E-state index is 11.7. The lowest BCUT2D eigenvalue weighted by atomic mass is 10.0. The molecular formula is C18H33IN4O2S. The van der Waals surface area contributed by atoms with Gasteiger partial charge in [-0.1, -0.05) is 19.9 Å². The van der Waals surface area contributed by atoms with Gasteiger partial charge in [0.15, 0.2) is 5.96 Å². The van der Waals surface area contributed by atoms with E-state index in [9.17, 15) is 4.79 Å². The van der Waals surface area contributed by atoms with Crippen LogP contribution < -0.4 is 10.6 Å². The molecule has 1 aromatic rings. The van der Waals surface area contributed by atoms with Gasteiger partial charge in [-0.3, -0.25) is 4.99 Å². The van der Waals surface area contributed by atoms with Gasteiger partial charge in [-0.05, 0) is 37.1 Å². The predicted octanol–water partition coefficient (Wildman–Crippen LogP) is 3.58. The molecule has 1 unspecified atom stereocenters. The van der Waals surface area contributed by atoms with E-state index in [1.54, 1.807) is 25.3 Å². The Morgan fingerprint density at radius 3 is 2.69 bits per heavy atom. The van der Waals surface area contributed by atoms with Gasteiger partial charge >= 0.3 is 6.09 Å². The number of nitrogens with one attached hydrogen (secondary N) is 2. The molecule has 150 valence electrons.